The maximum atomic E-state index is 5.66. The molecule has 1 heterocycles. The summed E-state index contributed by atoms with van der Waals surface area (Å²) in [6, 6.07) is 6.18. The lowest BCUT2D eigenvalue weighted by atomic mass is 9.93. The smallest absolute Gasteiger partial charge is 0.190 e. The summed E-state index contributed by atoms with van der Waals surface area (Å²) in [6.07, 6.45) is 5.91. The first-order valence-corrected chi connectivity index (χ1v) is 11.2. The van der Waals surface area contributed by atoms with Gasteiger partial charge in [0.05, 0.1) is 13.7 Å². The molecule has 0 spiro atoms. The van der Waals surface area contributed by atoms with Crippen molar-refractivity contribution in [3.05, 3.63) is 23.8 Å². The van der Waals surface area contributed by atoms with Gasteiger partial charge in [0.15, 0.2) is 17.5 Å². The molecule has 1 aliphatic heterocycles. The molecule has 6 heteroatoms. The summed E-state index contributed by atoms with van der Waals surface area (Å²) >= 11 is 0. The Morgan fingerprint density at radius 2 is 1.90 bits per heavy atom. The Bertz CT molecular complexity index is 613. The third-order valence-electron chi connectivity index (χ3n) is 5.69. The van der Waals surface area contributed by atoms with Crippen LogP contribution in [0.5, 0.6) is 11.5 Å². The van der Waals surface area contributed by atoms with Crippen molar-refractivity contribution < 1.29 is 9.47 Å². The number of hydrogen-bond acceptors (Lipinski definition) is 4. The van der Waals surface area contributed by atoms with E-state index in [4.69, 9.17) is 9.47 Å². The number of likely N-dealkylation sites (tertiary alicyclic amines) is 1. The predicted molar refractivity (Wildman–Crippen MR) is 121 cm³/mol. The van der Waals surface area contributed by atoms with E-state index in [0.717, 1.165) is 49.3 Å². The van der Waals surface area contributed by atoms with E-state index in [1.165, 1.54) is 44.5 Å². The van der Waals surface area contributed by atoms with Crippen molar-refractivity contribution in [3.8, 4) is 11.5 Å². The van der Waals surface area contributed by atoms with Crippen LogP contribution in [-0.2, 0) is 6.42 Å². The topological polar surface area (TPSA) is 58.1 Å². The van der Waals surface area contributed by atoms with Gasteiger partial charge in [0.25, 0.3) is 0 Å². The Balaban J connectivity index is 1.64. The molecule has 0 unspecified atom stereocenters. The van der Waals surface area contributed by atoms with Gasteiger partial charge < -0.3 is 25.0 Å². The lowest BCUT2D eigenvalue weighted by Crippen LogP contribution is -2.39. The third kappa shape index (κ3) is 8.13. The monoisotopic (exact) mass is 404 g/mol. The summed E-state index contributed by atoms with van der Waals surface area (Å²) < 4.78 is 11.0. The number of piperidine rings is 1. The van der Waals surface area contributed by atoms with Crippen molar-refractivity contribution >= 4 is 5.96 Å². The Labute approximate surface area is 177 Å². The maximum Gasteiger partial charge on any atom is 0.190 e. The summed E-state index contributed by atoms with van der Waals surface area (Å²) in [5.74, 6) is 3.36. The fourth-order valence-corrected chi connectivity index (χ4v) is 3.85. The molecule has 2 N–H and O–H groups in total. The number of benzene rings is 1. The van der Waals surface area contributed by atoms with Gasteiger partial charge >= 0.3 is 0 Å². The minimum Gasteiger partial charge on any atom is -0.493 e. The molecule has 1 aliphatic rings. The Kier molecular flexibility index (Phi) is 10.7. The first-order valence-electron chi connectivity index (χ1n) is 11.2. The summed E-state index contributed by atoms with van der Waals surface area (Å²) in [6.45, 7) is 10.5. The van der Waals surface area contributed by atoms with Gasteiger partial charge in [-0.15, -0.1) is 0 Å². The largest absolute Gasteiger partial charge is 0.493 e. The van der Waals surface area contributed by atoms with E-state index in [9.17, 15) is 0 Å². The minimum atomic E-state index is 0.640. The SMILES string of the molecule is CCOc1cc(CCCNC(=NC)NCCC2CCN(CC)CC2)ccc1OC. The number of nitrogens with zero attached hydrogens (tertiary/aromatic N) is 2. The number of aryl methyl sites for hydroxylation is 1. The highest BCUT2D eigenvalue weighted by molar-refractivity contribution is 5.79. The molecule has 0 aromatic heterocycles. The van der Waals surface area contributed by atoms with Gasteiger partial charge in [-0.05, 0) is 82.3 Å². The van der Waals surface area contributed by atoms with Gasteiger partial charge in [-0.25, -0.2) is 0 Å². The molecule has 29 heavy (non-hydrogen) atoms. The van der Waals surface area contributed by atoms with Crippen molar-refractivity contribution in [1.29, 1.82) is 0 Å². The van der Waals surface area contributed by atoms with Crippen LogP contribution in [0.15, 0.2) is 23.2 Å². The molecule has 0 radical (unpaired) electrons. The van der Waals surface area contributed by atoms with Crippen molar-refractivity contribution in [3.63, 3.8) is 0 Å². The van der Waals surface area contributed by atoms with Crippen LogP contribution in [0.4, 0.5) is 0 Å². The molecule has 0 aliphatic carbocycles. The zero-order valence-electron chi connectivity index (χ0n) is 18.8. The Morgan fingerprint density at radius 3 is 2.55 bits per heavy atom. The molecule has 2 rings (SSSR count). The van der Waals surface area contributed by atoms with Gasteiger partial charge in [0, 0.05) is 20.1 Å². The van der Waals surface area contributed by atoms with E-state index in [-0.39, 0.29) is 0 Å². The lowest BCUT2D eigenvalue weighted by Gasteiger charge is -2.31. The Hall–Kier alpha value is -1.95. The van der Waals surface area contributed by atoms with E-state index in [1.807, 2.05) is 20.0 Å². The van der Waals surface area contributed by atoms with Gasteiger partial charge in [-0.3, -0.25) is 4.99 Å². The van der Waals surface area contributed by atoms with Crippen molar-refractivity contribution in [2.45, 2.75) is 46.0 Å². The van der Waals surface area contributed by atoms with Crippen molar-refractivity contribution in [2.75, 3.05) is 53.5 Å². The van der Waals surface area contributed by atoms with Gasteiger partial charge in [-0.1, -0.05) is 13.0 Å². The second-order valence-electron chi connectivity index (χ2n) is 7.61. The average molecular weight is 405 g/mol. The summed E-state index contributed by atoms with van der Waals surface area (Å²) in [7, 11) is 3.51. The molecule has 164 valence electrons. The van der Waals surface area contributed by atoms with E-state index in [1.54, 1.807) is 7.11 Å². The molecule has 0 saturated carbocycles. The molecule has 1 fully saturated rings. The minimum absolute atomic E-state index is 0.640. The fraction of sp³-hybridized carbons (Fsp3) is 0.696. The van der Waals surface area contributed by atoms with Gasteiger partial charge in [0.2, 0.25) is 0 Å². The number of guanidine groups is 1. The number of rotatable bonds is 11. The van der Waals surface area contributed by atoms with Crippen molar-refractivity contribution in [2.24, 2.45) is 10.9 Å². The molecule has 1 saturated heterocycles. The highest BCUT2D eigenvalue weighted by Gasteiger charge is 2.17. The molecule has 0 amide bonds. The Morgan fingerprint density at radius 1 is 1.14 bits per heavy atom. The normalized spacial score (nSPS) is 15.9. The standard InChI is InChI=1S/C23H40N4O2/c1-5-27-16-12-19(13-17-27)11-15-26-23(24-3)25-14-7-8-20-9-10-21(28-4)22(18-20)29-6-2/h9-10,18-19H,5-8,11-17H2,1-4H3,(H2,24,25,26). The van der Waals surface area contributed by atoms with E-state index >= 15 is 0 Å². The molecule has 1 aromatic carbocycles. The van der Waals surface area contributed by atoms with Gasteiger partial charge in [0.1, 0.15) is 0 Å². The highest BCUT2D eigenvalue weighted by Crippen LogP contribution is 2.28. The van der Waals surface area contributed by atoms with Crippen molar-refractivity contribution in [1.82, 2.24) is 15.5 Å². The fourth-order valence-electron chi connectivity index (χ4n) is 3.85. The number of hydrogen-bond donors (Lipinski definition) is 2. The van der Waals surface area contributed by atoms with Crippen LogP contribution >= 0.6 is 0 Å². The van der Waals surface area contributed by atoms with E-state index < -0.39 is 0 Å². The number of methoxy groups -OCH3 is 1. The third-order valence-corrected chi connectivity index (χ3v) is 5.69. The first kappa shape index (κ1) is 23.3. The van der Waals surface area contributed by atoms with Gasteiger partial charge in [-0.2, -0.15) is 0 Å². The zero-order chi connectivity index (χ0) is 20.9. The van der Waals surface area contributed by atoms with E-state index in [2.05, 4.69) is 39.6 Å². The molecule has 0 bridgehead atoms. The van der Waals surface area contributed by atoms with Crippen LogP contribution < -0.4 is 20.1 Å². The lowest BCUT2D eigenvalue weighted by molar-refractivity contribution is 0.187. The summed E-state index contributed by atoms with van der Waals surface area (Å²) in [5.41, 5.74) is 1.26. The van der Waals surface area contributed by atoms with Crippen LogP contribution in [0.3, 0.4) is 0 Å². The second kappa shape index (κ2) is 13.3. The maximum absolute atomic E-state index is 5.66. The molecular formula is C23H40N4O2. The van der Waals surface area contributed by atoms with Crippen LogP contribution in [0, 0.1) is 5.92 Å². The predicted octanol–water partition coefficient (Wildman–Crippen LogP) is 3.31. The number of aliphatic imine (C=N–C) groups is 1. The average Bonchev–Trinajstić information content (AvgIpc) is 2.76. The molecular weight excluding hydrogens is 364 g/mol. The van der Waals surface area contributed by atoms with Crippen LogP contribution in [0.1, 0.15) is 45.1 Å². The van der Waals surface area contributed by atoms with Crippen LogP contribution in [0.25, 0.3) is 0 Å². The molecule has 1 aromatic rings. The molecule has 6 nitrogen and oxygen atoms in total. The number of nitrogens with one attached hydrogen (secondary N) is 2. The molecule has 0 atom stereocenters. The first-order chi connectivity index (χ1) is 14.2. The summed E-state index contributed by atoms with van der Waals surface area (Å²) in [5, 5.41) is 6.90. The summed E-state index contributed by atoms with van der Waals surface area (Å²) in [4.78, 5) is 6.90. The van der Waals surface area contributed by atoms with E-state index in [0.29, 0.717) is 6.61 Å². The zero-order valence-corrected chi connectivity index (χ0v) is 18.8. The quantitative estimate of drug-likeness (QED) is 0.337. The second-order valence-corrected chi connectivity index (χ2v) is 7.61. The number of ether oxygens (including phenoxy) is 2. The van der Waals surface area contributed by atoms with Crippen LogP contribution in [0.2, 0.25) is 0 Å². The highest BCUT2D eigenvalue weighted by atomic mass is 16.5. The van der Waals surface area contributed by atoms with Crippen LogP contribution in [-0.4, -0.2) is 64.3 Å².